The summed E-state index contributed by atoms with van der Waals surface area (Å²) in [7, 11) is 0. The van der Waals surface area contributed by atoms with Crippen LogP contribution in [0.5, 0.6) is 0 Å². The predicted molar refractivity (Wildman–Crippen MR) is 138 cm³/mol. The van der Waals surface area contributed by atoms with Gasteiger partial charge in [0.25, 0.3) is 11.5 Å². The highest BCUT2D eigenvalue weighted by atomic mass is 16.2. The first kappa shape index (κ1) is 23.4. The van der Waals surface area contributed by atoms with Crippen molar-refractivity contribution < 1.29 is 9.59 Å². The van der Waals surface area contributed by atoms with E-state index in [1.807, 2.05) is 91.0 Å². The molecule has 0 aliphatic rings. The maximum Gasteiger partial charge on any atom is 0.309 e. The van der Waals surface area contributed by atoms with E-state index in [9.17, 15) is 14.4 Å². The van der Waals surface area contributed by atoms with E-state index >= 15 is 0 Å². The number of amides is 2. The lowest BCUT2D eigenvalue weighted by molar-refractivity contribution is 0.0840. The smallest absolute Gasteiger partial charge is 0.309 e. The molecule has 0 spiro atoms. The fourth-order valence-electron chi connectivity index (χ4n) is 3.78. The molecule has 0 unspecified atom stereocenters. The summed E-state index contributed by atoms with van der Waals surface area (Å²) in [5.74, 6) is -1.14. The zero-order valence-electron chi connectivity index (χ0n) is 19.6. The number of pyridine rings is 1. The zero-order valence-corrected chi connectivity index (χ0v) is 19.6. The number of aromatic nitrogens is 4. The van der Waals surface area contributed by atoms with Gasteiger partial charge in [0.1, 0.15) is 5.56 Å². The summed E-state index contributed by atoms with van der Waals surface area (Å²) in [6.45, 7) is 0.316. The van der Waals surface area contributed by atoms with Crippen LogP contribution in [0.25, 0.3) is 17.1 Å². The summed E-state index contributed by atoms with van der Waals surface area (Å²) in [6.07, 6.45) is 1.61. The number of benzene rings is 3. The minimum atomic E-state index is -0.744. The number of hydrazine groups is 1. The van der Waals surface area contributed by atoms with Gasteiger partial charge in [-0.05, 0) is 29.8 Å². The van der Waals surface area contributed by atoms with Crippen LogP contribution in [0.4, 0.5) is 0 Å². The zero-order chi connectivity index (χ0) is 25.6. The standard InChI is InChI=1S/C28H22N6O3/c35-26(23-17-10-18-33(28(23)37)19-20-11-4-1-5-12-20)30-31-27(36)24-29-25(21-13-6-2-7-14-21)34(32-24)22-15-8-3-9-16-22/h1-18H,19H2,(H,30,35)(H,31,36). The van der Waals surface area contributed by atoms with Crippen molar-refractivity contribution in [2.24, 2.45) is 0 Å². The summed E-state index contributed by atoms with van der Waals surface area (Å²) in [5.41, 5.74) is 6.44. The number of nitrogens with zero attached hydrogens (tertiary/aromatic N) is 4. The molecule has 0 aliphatic heterocycles. The molecule has 0 saturated heterocycles. The van der Waals surface area contributed by atoms with Gasteiger partial charge in [0.15, 0.2) is 5.82 Å². The van der Waals surface area contributed by atoms with E-state index in [1.165, 1.54) is 10.6 Å². The molecule has 2 N–H and O–H groups in total. The van der Waals surface area contributed by atoms with Crippen molar-refractivity contribution in [1.82, 2.24) is 30.2 Å². The highest BCUT2D eigenvalue weighted by Gasteiger charge is 2.20. The number of carbonyl (C=O) groups is 2. The van der Waals surface area contributed by atoms with E-state index in [0.717, 1.165) is 16.8 Å². The van der Waals surface area contributed by atoms with Gasteiger partial charge in [-0.25, -0.2) is 9.67 Å². The summed E-state index contributed by atoms with van der Waals surface area (Å²) in [4.78, 5) is 42.9. The predicted octanol–water partition coefficient (Wildman–Crippen LogP) is 3.22. The van der Waals surface area contributed by atoms with Crippen LogP contribution >= 0.6 is 0 Å². The van der Waals surface area contributed by atoms with Gasteiger partial charge in [-0.1, -0.05) is 78.9 Å². The third kappa shape index (κ3) is 5.20. The minimum Gasteiger partial charge on any atom is -0.310 e. The van der Waals surface area contributed by atoms with Gasteiger partial charge in [0.2, 0.25) is 5.82 Å². The Hall–Kier alpha value is -5.31. The summed E-state index contributed by atoms with van der Waals surface area (Å²) >= 11 is 0. The van der Waals surface area contributed by atoms with Crippen LogP contribution in [-0.4, -0.2) is 31.1 Å². The number of para-hydroxylation sites is 1. The molecule has 0 bridgehead atoms. The average Bonchev–Trinajstić information content (AvgIpc) is 3.40. The Labute approximate surface area is 212 Å². The SMILES string of the molecule is O=C(NNC(=O)c1cccn(Cc2ccccc2)c1=O)c1nc(-c2ccccc2)n(-c2ccccc2)n1. The van der Waals surface area contributed by atoms with Crippen LogP contribution in [0.15, 0.2) is 114 Å². The fraction of sp³-hybridized carbons (Fsp3) is 0.0357. The van der Waals surface area contributed by atoms with Gasteiger partial charge in [-0.2, -0.15) is 0 Å². The molecule has 5 rings (SSSR count). The van der Waals surface area contributed by atoms with Crippen molar-refractivity contribution in [2.75, 3.05) is 0 Å². The number of hydrogen-bond donors (Lipinski definition) is 2. The van der Waals surface area contributed by atoms with Crippen LogP contribution in [-0.2, 0) is 6.54 Å². The molecule has 2 heterocycles. The van der Waals surface area contributed by atoms with Crippen molar-refractivity contribution in [1.29, 1.82) is 0 Å². The first-order chi connectivity index (χ1) is 18.1. The molecule has 5 aromatic rings. The van der Waals surface area contributed by atoms with Gasteiger partial charge in [0.05, 0.1) is 12.2 Å². The van der Waals surface area contributed by atoms with Crippen LogP contribution in [0, 0.1) is 0 Å². The molecule has 0 atom stereocenters. The largest absolute Gasteiger partial charge is 0.310 e. The third-order valence-corrected chi connectivity index (χ3v) is 5.59. The molecule has 0 saturated carbocycles. The maximum atomic E-state index is 12.9. The van der Waals surface area contributed by atoms with Crippen LogP contribution < -0.4 is 16.4 Å². The quantitative estimate of drug-likeness (QED) is 0.355. The second kappa shape index (κ2) is 10.5. The minimum absolute atomic E-state index is 0.105. The Kier molecular flexibility index (Phi) is 6.67. The number of nitrogens with one attached hydrogen (secondary N) is 2. The van der Waals surface area contributed by atoms with Gasteiger partial charge in [-0.15, -0.1) is 5.10 Å². The molecule has 37 heavy (non-hydrogen) atoms. The lowest BCUT2D eigenvalue weighted by Gasteiger charge is -2.09. The molecular formula is C28H22N6O3. The van der Waals surface area contributed by atoms with Crippen molar-refractivity contribution in [3.63, 3.8) is 0 Å². The number of hydrogen-bond acceptors (Lipinski definition) is 5. The lowest BCUT2D eigenvalue weighted by Crippen LogP contribution is -2.44. The van der Waals surface area contributed by atoms with Gasteiger partial charge in [-0.3, -0.25) is 25.2 Å². The normalized spacial score (nSPS) is 10.6. The van der Waals surface area contributed by atoms with E-state index < -0.39 is 17.4 Å². The Morgan fingerprint density at radius 3 is 2.05 bits per heavy atom. The fourth-order valence-corrected chi connectivity index (χ4v) is 3.78. The second-order valence-corrected chi connectivity index (χ2v) is 8.12. The van der Waals surface area contributed by atoms with E-state index in [0.29, 0.717) is 12.4 Å². The molecule has 0 fully saturated rings. The van der Waals surface area contributed by atoms with Crippen molar-refractivity contribution in [3.8, 4) is 17.1 Å². The highest BCUT2D eigenvalue weighted by molar-refractivity contribution is 5.97. The Morgan fingerprint density at radius 2 is 1.35 bits per heavy atom. The average molecular weight is 491 g/mol. The highest BCUT2D eigenvalue weighted by Crippen LogP contribution is 2.20. The van der Waals surface area contributed by atoms with E-state index in [-0.39, 0.29) is 11.4 Å². The van der Waals surface area contributed by atoms with E-state index in [4.69, 9.17) is 0 Å². The van der Waals surface area contributed by atoms with Crippen molar-refractivity contribution in [3.05, 3.63) is 137 Å². The third-order valence-electron chi connectivity index (χ3n) is 5.59. The molecule has 9 nitrogen and oxygen atoms in total. The maximum absolute atomic E-state index is 12.9. The van der Waals surface area contributed by atoms with Gasteiger partial charge >= 0.3 is 5.91 Å². The Balaban J connectivity index is 1.34. The van der Waals surface area contributed by atoms with Crippen LogP contribution in [0.3, 0.4) is 0 Å². The molecule has 182 valence electrons. The molecule has 2 aromatic heterocycles. The summed E-state index contributed by atoms with van der Waals surface area (Å²) in [5, 5.41) is 4.36. The molecule has 3 aromatic carbocycles. The molecular weight excluding hydrogens is 468 g/mol. The first-order valence-corrected chi connectivity index (χ1v) is 11.5. The number of carbonyl (C=O) groups excluding carboxylic acids is 2. The van der Waals surface area contributed by atoms with Gasteiger partial charge in [0, 0.05) is 11.8 Å². The van der Waals surface area contributed by atoms with Crippen LogP contribution in [0.2, 0.25) is 0 Å². The second-order valence-electron chi connectivity index (χ2n) is 8.12. The van der Waals surface area contributed by atoms with E-state index in [2.05, 4.69) is 20.9 Å². The molecule has 9 heteroatoms. The summed E-state index contributed by atoms with van der Waals surface area (Å²) < 4.78 is 2.99. The molecule has 0 aliphatic carbocycles. The Morgan fingerprint density at radius 1 is 0.730 bits per heavy atom. The van der Waals surface area contributed by atoms with Crippen molar-refractivity contribution >= 4 is 11.8 Å². The summed E-state index contributed by atoms with van der Waals surface area (Å²) in [6, 6.07) is 31.1. The Bertz CT molecular complexity index is 1540. The lowest BCUT2D eigenvalue weighted by atomic mass is 10.2. The van der Waals surface area contributed by atoms with Crippen molar-refractivity contribution in [2.45, 2.75) is 6.54 Å². The first-order valence-electron chi connectivity index (χ1n) is 11.5. The topological polar surface area (TPSA) is 111 Å². The monoisotopic (exact) mass is 490 g/mol. The van der Waals surface area contributed by atoms with Crippen LogP contribution in [0.1, 0.15) is 26.5 Å². The van der Waals surface area contributed by atoms with Gasteiger partial charge < -0.3 is 4.57 Å². The molecule has 2 amide bonds. The molecule has 0 radical (unpaired) electrons. The van der Waals surface area contributed by atoms with E-state index in [1.54, 1.807) is 16.9 Å². The number of rotatable bonds is 6.